The molecule has 4 rings (SSSR count). The molecule has 174 valence electrons. The van der Waals surface area contributed by atoms with Crippen LogP contribution in [0.15, 0.2) is 54.7 Å². The molecule has 0 radical (unpaired) electrons. The highest BCUT2D eigenvalue weighted by atomic mass is 19.1. The number of rotatable bonds is 6. The van der Waals surface area contributed by atoms with E-state index in [0.29, 0.717) is 28.8 Å². The van der Waals surface area contributed by atoms with Gasteiger partial charge in [-0.1, -0.05) is 18.2 Å². The monoisotopic (exact) mass is 462 g/mol. The third-order valence-electron chi connectivity index (χ3n) is 6.21. The van der Waals surface area contributed by atoms with Crippen molar-refractivity contribution in [1.82, 2.24) is 10.3 Å². The predicted octanol–water partition coefficient (Wildman–Crippen LogP) is 4.71. The SMILES string of the molecule is Cc1cc(-c2cc(F)cc(F)c2)cc(C)c1C1C(=O)CC(CCNC(=O)c2ccccn2)C1=O. The topological polar surface area (TPSA) is 76.1 Å². The quantitative estimate of drug-likeness (QED) is 0.539. The van der Waals surface area contributed by atoms with E-state index in [1.165, 1.54) is 18.3 Å². The molecule has 0 spiro atoms. The van der Waals surface area contributed by atoms with Gasteiger partial charge in [0, 0.05) is 31.1 Å². The number of Topliss-reactive ketones (excluding diaryl/α,β-unsaturated/α-hetero) is 2. The van der Waals surface area contributed by atoms with Gasteiger partial charge in [-0.15, -0.1) is 0 Å². The average Bonchev–Trinajstić information content (AvgIpc) is 3.06. The molecule has 2 atom stereocenters. The number of nitrogens with one attached hydrogen (secondary N) is 1. The standard InChI is InChI=1S/C27H24F2N2O3/c1-15-9-18(19-11-20(28)14-21(29)12-19)10-16(2)24(15)25-23(32)13-17(26(25)33)6-8-31-27(34)22-5-3-4-7-30-22/h3-5,7,9-12,14,17,25H,6,8,13H2,1-2H3,(H,31,34). The highest BCUT2D eigenvalue weighted by Crippen LogP contribution is 2.38. The summed E-state index contributed by atoms with van der Waals surface area (Å²) >= 11 is 0. The fourth-order valence-electron chi connectivity index (χ4n) is 4.67. The van der Waals surface area contributed by atoms with Crippen molar-refractivity contribution in [3.8, 4) is 11.1 Å². The molecule has 3 aromatic rings. The number of aromatic nitrogens is 1. The zero-order valence-electron chi connectivity index (χ0n) is 18.9. The van der Waals surface area contributed by atoms with Gasteiger partial charge in [0.25, 0.3) is 5.91 Å². The molecule has 0 aliphatic heterocycles. The molecule has 7 heteroatoms. The molecule has 1 aliphatic rings. The Balaban J connectivity index is 1.49. The van der Waals surface area contributed by atoms with Gasteiger partial charge in [-0.2, -0.15) is 0 Å². The number of nitrogens with zero attached hydrogens (tertiary/aromatic N) is 1. The molecule has 2 aromatic carbocycles. The molecule has 0 saturated heterocycles. The Hall–Kier alpha value is -3.74. The molecule has 1 aliphatic carbocycles. The number of amides is 1. The number of carbonyl (C=O) groups excluding carboxylic acids is 3. The van der Waals surface area contributed by atoms with Crippen LogP contribution in [0.4, 0.5) is 8.78 Å². The van der Waals surface area contributed by atoms with Gasteiger partial charge in [0.2, 0.25) is 0 Å². The Morgan fingerprint density at radius 1 is 1.00 bits per heavy atom. The number of halogens is 2. The van der Waals surface area contributed by atoms with Crippen LogP contribution in [-0.2, 0) is 9.59 Å². The van der Waals surface area contributed by atoms with E-state index in [0.717, 1.165) is 17.2 Å². The molecule has 1 saturated carbocycles. The van der Waals surface area contributed by atoms with Crippen molar-refractivity contribution in [1.29, 1.82) is 0 Å². The van der Waals surface area contributed by atoms with Gasteiger partial charge in [-0.05, 0) is 72.4 Å². The minimum atomic E-state index is -0.866. The van der Waals surface area contributed by atoms with Gasteiger partial charge >= 0.3 is 0 Å². The van der Waals surface area contributed by atoms with E-state index in [2.05, 4.69) is 10.3 Å². The summed E-state index contributed by atoms with van der Waals surface area (Å²) in [7, 11) is 0. The summed E-state index contributed by atoms with van der Waals surface area (Å²) in [4.78, 5) is 42.2. The fourth-order valence-corrected chi connectivity index (χ4v) is 4.67. The van der Waals surface area contributed by atoms with Crippen LogP contribution >= 0.6 is 0 Å². The Bertz CT molecular complexity index is 1230. The third kappa shape index (κ3) is 4.78. The Kier molecular flexibility index (Phi) is 6.63. The van der Waals surface area contributed by atoms with Gasteiger partial charge in [0.05, 0.1) is 0 Å². The van der Waals surface area contributed by atoms with E-state index < -0.39 is 23.5 Å². The summed E-state index contributed by atoms with van der Waals surface area (Å²) in [5.41, 5.74) is 3.38. The first-order chi connectivity index (χ1) is 16.2. The maximum absolute atomic E-state index is 13.7. The second-order valence-corrected chi connectivity index (χ2v) is 8.64. The smallest absolute Gasteiger partial charge is 0.269 e. The second-order valence-electron chi connectivity index (χ2n) is 8.64. The molecule has 0 bridgehead atoms. The van der Waals surface area contributed by atoms with Crippen LogP contribution in [-0.4, -0.2) is 29.0 Å². The first-order valence-electron chi connectivity index (χ1n) is 11.1. The Labute approximate surface area is 196 Å². The molecule has 1 aromatic heterocycles. The molecular weight excluding hydrogens is 438 g/mol. The molecule has 34 heavy (non-hydrogen) atoms. The molecule has 5 nitrogen and oxygen atoms in total. The summed E-state index contributed by atoms with van der Waals surface area (Å²) < 4.78 is 27.3. The normalized spacial score (nSPS) is 17.8. The number of benzene rings is 2. The minimum absolute atomic E-state index is 0.124. The van der Waals surface area contributed by atoms with Crippen LogP contribution in [0.25, 0.3) is 11.1 Å². The van der Waals surface area contributed by atoms with Gasteiger partial charge in [0.15, 0.2) is 5.78 Å². The van der Waals surface area contributed by atoms with Gasteiger partial charge in [-0.25, -0.2) is 8.78 Å². The summed E-state index contributed by atoms with van der Waals surface area (Å²) in [6, 6.07) is 11.8. The number of hydrogen-bond acceptors (Lipinski definition) is 4. The van der Waals surface area contributed by atoms with E-state index in [1.807, 2.05) is 0 Å². The van der Waals surface area contributed by atoms with E-state index in [4.69, 9.17) is 0 Å². The summed E-state index contributed by atoms with van der Waals surface area (Å²) in [5, 5.41) is 2.75. The fraction of sp³-hybridized carbons (Fsp3) is 0.259. The van der Waals surface area contributed by atoms with Crippen LogP contribution in [0.1, 0.15) is 45.9 Å². The Morgan fingerprint density at radius 3 is 2.26 bits per heavy atom. The zero-order valence-corrected chi connectivity index (χ0v) is 18.9. The van der Waals surface area contributed by atoms with Crippen molar-refractivity contribution in [3.63, 3.8) is 0 Å². The van der Waals surface area contributed by atoms with Gasteiger partial charge < -0.3 is 5.32 Å². The van der Waals surface area contributed by atoms with Crippen LogP contribution < -0.4 is 5.32 Å². The van der Waals surface area contributed by atoms with Crippen molar-refractivity contribution in [2.75, 3.05) is 6.54 Å². The molecule has 2 unspecified atom stereocenters. The van der Waals surface area contributed by atoms with E-state index >= 15 is 0 Å². The van der Waals surface area contributed by atoms with Gasteiger partial charge in [-0.3, -0.25) is 19.4 Å². The molecule has 1 fully saturated rings. The first-order valence-corrected chi connectivity index (χ1v) is 11.1. The lowest BCUT2D eigenvalue weighted by Crippen LogP contribution is -2.27. The molecule has 1 amide bonds. The average molecular weight is 462 g/mol. The van der Waals surface area contributed by atoms with Crippen molar-refractivity contribution < 1.29 is 23.2 Å². The lowest BCUT2D eigenvalue weighted by Gasteiger charge is -2.17. The van der Waals surface area contributed by atoms with Crippen LogP contribution in [0, 0.1) is 31.4 Å². The maximum atomic E-state index is 13.7. The van der Waals surface area contributed by atoms with E-state index in [1.54, 1.807) is 44.2 Å². The van der Waals surface area contributed by atoms with Crippen LogP contribution in [0.3, 0.4) is 0 Å². The van der Waals surface area contributed by atoms with Crippen molar-refractivity contribution in [3.05, 3.63) is 88.7 Å². The zero-order chi connectivity index (χ0) is 24.4. The van der Waals surface area contributed by atoms with Crippen molar-refractivity contribution in [2.24, 2.45) is 5.92 Å². The van der Waals surface area contributed by atoms with Crippen LogP contribution in [0.2, 0.25) is 0 Å². The van der Waals surface area contributed by atoms with Crippen molar-refractivity contribution in [2.45, 2.75) is 32.6 Å². The second kappa shape index (κ2) is 9.63. The Morgan fingerprint density at radius 2 is 1.65 bits per heavy atom. The summed E-state index contributed by atoms with van der Waals surface area (Å²) in [5.74, 6) is -3.33. The minimum Gasteiger partial charge on any atom is -0.351 e. The van der Waals surface area contributed by atoms with Crippen LogP contribution in [0.5, 0.6) is 0 Å². The lowest BCUT2D eigenvalue weighted by atomic mass is 9.85. The summed E-state index contributed by atoms with van der Waals surface area (Å²) in [6.45, 7) is 3.85. The number of hydrogen-bond donors (Lipinski definition) is 1. The molecular formula is C27H24F2N2O3. The largest absolute Gasteiger partial charge is 0.351 e. The third-order valence-corrected chi connectivity index (χ3v) is 6.21. The molecule has 1 heterocycles. The number of ketones is 2. The van der Waals surface area contributed by atoms with E-state index in [9.17, 15) is 23.2 Å². The highest BCUT2D eigenvalue weighted by molar-refractivity contribution is 6.15. The molecule has 1 N–H and O–H groups in total. The maximum Gasteiger partial charge on any atom is 0.269 e. The first kappa shape index (κ1) is 23.4. The number of aryl methyl sites for hydroxylation is 2. The predicted molar refractivity (Wildman–Crippen MR) is 123 cm³/mol. The van der Waals surface area contributed by atoms with E-state index in [-0.39, 0.29) is 30.4 Å². The summed E-state index contributed by atoms with van der Waals surface area (Å²) in [6.07, 6.45) is 2.01. The lowest BCUT2D eigenvalue weighted by molar-refractivity contribution is -0.124. The number of carbonyl (C=O) groups is 3. The van der Waals surface area contributed by atoms with Crippen molar-refractivity contribution >= 4 is 17.5 Å². The highest BCUT2D eigenvalue weighted by Gasteiger charge is 2.42. The number of pyridine rings is 1. The van der Waals surface area contributed by atoms with Gasteiger partial charge in [0.1, 0.15) is 29.0 Å².